The summed E-state index contributed by atoms with van der Waals surface area (Å²) in [6.45, 7) is 1.89. The lowest BCUT2D eigenvalue weighted by Crippen LogP contribution is -2.15. The fraction of sp³-hybridized carbons (Fsp3) is 0.214. The van der Waals surface area contributed by atoms with Crippen molar-refractivity contribution >= 4 is 28.9 Å². The van der Waals surface area contributed by atoms with Gasteiger partial charge in [0.1, 0.15) is 0 Å². The summed E-state index contributed by atoms with van der Waals surface area (Å²) in [6.07, 6.45) is 0.215. The van der Waals surface area contributed by atoms with E-state index in [0.29, 0.717) is 11.3 Å². The van der Waals surface area contributed by atoms with Gasteiger partial charge in [0.2, 0.25) is 5.91 Å². The third-order valence-corrected chi connectivity index (χ3v) is 3.40. The molecular formula is C14H14N2O3S. The maximum absolute atomic E-state index is 11.9. The van der Waals surface area contributed by atoms with Gasteiger partial charge < -0.3 is 10.1 Å². The fourth-order valence-corrected chi connectivity index (χ4v) is 2.31. The number of carbonyl (C=O) groups excluding carboxylic acids is 2. The minimum atomic E-state index is -0.434. The number of thiazole rings is 1. The molecular weight excluding hydrogens is 276 g/mol. The molecule has 0 saturated heterocycles. The second-order valence-electron chi connectivity index (χ2n) is 4.16. The molecule has 2 rings (SSSR count). The van der Waals surface area contributed by atoms with Crippen LogP contribution in [0, 0.1) is 6.92 Å². The molecule has 1 aromatic heterocycles. The standard InChI is InChI=1S/C14H14N2O3S/c1-9-15-12(8-20-9)7-13(17)16-11-5-3-4-10(6-11)14(18)19-2/h3-6,8H,7H2,1-2H3,(H,16,17). The van der Waals surface area contributed by atoms with Gasteiger partial charge in [0.15, 0.2) is 0 Å². The smallest absolute Gasteiger partial charge is 0.337 e. The summed E-state index contributed by atoms with van der Waals surface area (Å²) < 4.78 is 4.63. The molecule has 0 aliphatic rings. The predicted molar refractivity (Wildman–Crippen MR) is 77.0 cm³/mol. The van der Waals surface area contributed by atoms with Crippen LogP contribution in [0.3, 0.4) is 0 Å². The molecule has 1 heterocycles. The Morgan fingerprint density at radius 1 is 1.40 bits per heavy atom. The molecule has 0 unspecified atom stereocenters. The van der Waals surface area contributed by atoms with E-state index in [9.17, 15) is 9.59 Å². The number of hydrogen-bond acceptors (Lipinski definition) is 5. The molecule has 2 aromatic rings. The third kappa shape index (κ3) is 3.64. The average Bonchev–Trinajstić information content (AvgIpc) is 2.83. The molecule has 0 bridgehead atoms. The van der Waals surface area contributed by atoms with E-state index in [1.54, 1.807) is 24.3 Å². The summed E-state index contributed by atoms with van der Waals surface area (Å²) in [5.41, 5.74) is 1.70. The first kappa shape index (κ1) is 14.2. The number of hydrogen-bond donors (Lipinski definition) is 1. The number of nitrogens with zero attached hydrogens (tertiary/aromatic N) is 1. The molecule has 0 atom stereocenters. The Bertz CT molecular complexity index is 637. The van der Waals surface area contributed by atoms with Crippen LogP contribution in [0.25, 0.3) is 0 Å². The maximum atomic E-state index is 11.9. The summed E-state index contributed by atoms with van der Waals surface area (Å²) in [7, 11) is 1.32. The van der Waals surface area contributed by atoms with Crippen LogP contribution in [0.5, 0.6) is 0 Å². The molecule has 1 amide bonds. The molecule has 0 aliphatic carbocycles. The molecule has 5 nitrogen and oxygen atoms in total. The van der Waals surface area contributed by atoms with Crippen LogP contribution in [0.4, 0.5) is 5.69 Å². The van der Waals surface area contributed by atoms with Gasteiger partial charge in [0.25, 0.3) is 0 Å². The molecule has 0 fully saturated rings. The van der Waals surface area contributed by atoms with Gasteiger partial charge >= 0.3 is 5.97 Å². The lowest BCUT2D eigenvalue weighted by atomic mass is 10.2. The van der Waals surface area contributed by atoms with Crippen molar-refractivity contribution in [2.45, 2.75) is 13.3 Å². The number of amides is 1. The highest BCUT2D eigenvalue weighted by atomic mass is 32.1. The first-order valence-corrected chi connectivity index (χ1v) is 6.85. The first-order valence-electron chi connectivity index (χ1n) is 5.97. The van der Waals surface area contributed by atoms with Crippen LogP contribution in [0.15, 0.2) is 29.6 Å². The van der Waals surface area contributed by atoms with E-state index in [0.717, 1.165) is 10.7 Å². The highest BCUT2D eigenvalue weighted by molar-refractivity contribution is 7.09. The Hall–Kier alpha value is -2.21. The molecule has 0 radical (unpaired) electrons. The van der Waals surface area contributed by atoms with Gasteiger partial charge in [-0.2, -0.15) is 0 Å². The van der Waals surface area contributed by atoms with E-state index < -0.39 is 5.97 Å². The summed E-state index contributed by atoms with van der Waals surface area (Å²) in [5.74, 6) is -0.603. The van der Waals surface area contributed by atoms with Crippen molar-refractivity contribution in [3.05, 3.63) is 45.9 Å². The van der Waals surface area contributed by atoms with Crippen molar-refractivity contribution in [1.29, 1.82) is 0 Å². The first-order chi connectivity index (χ1) is 9.58. The second kappa shape index (κ2) is 6.29. The van der Waals surface area contributed by atoms with Gasteiger partial charge in [-0.3, -0.25) is 4.79 Å². The van der Waals surface area contributed by atoms with Crippen LogP contribution < -0.4 is 5.32 Å². The van der Waals surface area contributed by atoms with Gasteiger partial charge in [-0.05, 0) is 25.1 Å². The topological polar surface area (TPSA) is 68.3 Å². The molecule has 0 aliphatic heterocycles. The van der Waals surface area contributed by atoms with Crippen molar-refractivity contribution in [2.75, 3.05) is 12.4 Å². The summed E-state index contributed by atoms with van der Waals surface area (Å²) in [6, 6.07) is 6.62. The van der Waals surface area contributed by atoms with E-state index in [1.165, 1.54) is 18.4 Å². The van der Waals surface area contributed by atoms with E-state index in [-0.39, 0.29) is 12.3 Å². The number of aryl methyl sites for hydroxylation is 1. The molecule has 104 valence electrons. The van der Waals surface area contributed by atoms with Gasteiger partial charge in [-0.1, -0.05) is 6.07 Å². The van der Waals surface area contributed by atoms with Crippen LogP contribution in [0.1, 0.15) is 21.1 Å². The van der Waals surface area contributed by atoms with E-state index in [4.69, 9.17) is 0 Å². The van der Waals surface area contributed by atoms with Crippen molar-refractivity contribution in [2.24, 2.45) is 0 Å². The number of methoxy groups -OCH3 is 1. The minimum absolute atomic E-state index is 0.169. The van der Waals surface area contributed by atoms with Crippen LogP contribution >= 0.6 is 11.3 Å². The van der Waals surface area contributed by atoms with Crippen LogP contribution in [-0.4, -0.2) is 24.0 Å². The molecule has 6 heteroatoms. The van der Waals surface area contributed by atoms with Crippen LogP contribution in [0.2, 0.25) is 0 Å². The number of ether oxygens (including phenoxy) is 1. The van der Waals surface area contributed by atoms with Gasteiger partial charge in [0.05, 0.1) is 29.8 Å². The fourth-order valence-electron chi connectivity index (χ4n) is 1.70. The second-order valence-corrected chi connectivity index (χ2v) is 5.22. The highest BCUT2D eigenvalue weighted by Crippen LogP contribution is 2.13. The number of anilines is 1. The summed E-state index contributed by atoms with van der Waals surface area (Å²) >= 11 is 1.51. The number of carbonyl (C=O) groups is 2. The minimum Gasteiger partial charge on any atom is -0.465 e. The normalized spacial score (nSPS) is 10.1. The Morgan fingerprint density at radius 2 is 2.20 bits per heavy atom. The summed E-state index contributed by atoms with van der Waals surface area (Å²) in [4.78, 5) is 27.5. The number of rotatable bonds is 4. The van der Waals surface area contributed by atoms with E-state index in [1.807, 2.05) is 12.3 Å². The average molecular weight is 290 g/mol. The molecule has 0 saturated carbocycles. The van der Waals surface area contributed by atoms with Gasteiger partial charge in [-0.15, -0.1) is 11.3 Å². The number of esters is 1. The van der Waals surface area contributed by atoms with Gasteiger partial charge in [-0.25, -0.2) is 9.78 Å². The monoisotopic (exact) mass is 290 g/mol. The van der Waals surface area contributed by atoms with Crippen LogP contribution in [-0.2, 0) is 16.0 Å². The van der Waals surface area contributed by atoms with Gasteiger partial charge in [0, 0.05) is 11.1 Å². The number of benzene rings is 1. The Kier molecular flexibility index (Phi) is 4.47. The Labute approximate surface area is 120 Å². The summed E-state index contributed by atoms with van der Waals surface area (Å²) in [5, 5.41) is 5.53. The Balaban J connectivity index is 2.02. The van der Waals surface area contributed by atoms with Crippen molar-refractivity contribution in [1.82, 2.24) is 4.98 Å². The van der Waals surface area contributed by atoms with Crippen molar-refractivity contribution in [3.63, 3.8) is 0 Å². The molecule has 1 N–H and O–H groups in total. The Morgan fingerprint density at radius 3 is 2.85 bits per heavy atom. The SMILES string of the molecule is COC(=O)c1cccc(NC(=O)Cc2csc(C)n2)c1. The quantitative estimate of drug-likeness (QED) is 0.878. The van der Waals surface area contributed by atoms with Crippen molar-refractivity contribution in [3.8, 4) is 0 Å². The highest BCUT2D eigenvalue weighted by Gasteiger charge is 2.09. The zero-order valence-electron chi connectivity index (χ0n) is 11.2. The zero-order valence-corrected chi connectivity index (χ0v) is 12.0. The van der Waals surface area contributed by atoms with E-state index >= 15 is 0 Å². The number of aromatic nitrogens is 1. The molecule has 1 aromatic carbocycles. The van der Waals surface area contributed by atoms with Crippen molar-refractivity contribution < 1.29 is 14.3 Å². The van der Waals surface area contributed by atoms with E-state index in [2.05, 4.69) is 15.0 Å². The number of nitrogens with one attached hydrogen (secondary N) is 1. The zero-order chi connectivity index (χ0) is 14.5. The maximum Gasteiger partial charge on any atom is 0.337 e. The third-order valence-electron chi connectivity index (χ3n) is 2.58. The molecule has 0 spiro atoms. The lowest BCUT2D eigenvalue weighted by molar-refractivity contribution is -0.115. The molecule has 20 heavy (non-hydrogen) atoms. The lowest BCUT2D eigenvalue weighted by Gasteiger charge is -2.06. The predicted octanol–water partition coefficient (Wildman–Crippen LogP) is 2.42. The largest absolute Gasteiger partial charge is 0.465 e.